The number of nitrogens with two attached hydrogens (primary N) is 1. The first-order chi connectivity index (χ1) is 12.0. The van der Waals surface area contributed by atoms with Crippen molar-refractivity contribution in [3.05, 3.63) is 71.3 Å². The largest absolute Gasteiger partial charge is 0.368 e. The molecule has 4 nitrogen and oxygen atoms in total. The van der Waals surface area contributed by atoms with Crippen molar-refractivity contribution in [3.8, 4) is 0 Å². The van der Waals surface area contributed by atoms with E-state index in [1.54, 1.807) is 0 Å². The number of carbonyl (C=O) groups excluding carboxylic acids is 2. The number of nitrogens with one attached hydrogen (secondary N) is 1. The van der Waals surface area contributed by atoms with Gasteiger partial charge in [-0.3, -0.25) is 9.59 Å². The van der Waals surface area contributed by atoms with E-state index < -0.39 is 41.3 Å². The molecule has 25 heavy (non-hydrogen) atoms. The minimum atomic E-state index is -0.860. The van der Waals surface area contributed by atoms with E-state index in [-0.39, 0.29) is 12.0 Å². The van der Waals surface area contributed by atoms with Gasteiger partial charge in [-0.2, -0.15) is 0 Å². The zero-order chi connectivity index (χ0) is 18.0. The minimum absolute atomic E-state index is 0.0682. The van der Waals surface area contributed by atoms with Gasteiger partial charge in [-0.15, -0.1) is 0 Å². The lowest BCUT2D eigenvalue weighted by atomic mass is 10.0. The molecule has 1 saturated carbocycles. The number of primary amides is 1. The Bertz CT molecular complexity index is 775. The average molecular weight is 344 g/mol. The molecule has 0 saturated heterocycles. The van der Waals surface area contributed by atoms with Crippen LogP contribution in [0.1, 0.15) is 23.5 Å². The van der Waals surface area contributed by atoms with Crippen LogP contribution in [0.3, 0.4) is 0 Å². The zero-order valence-corrected chi connectivity index (χ0v) is 13.4. The Morgan fingerprint density at radius 1 is 1.08 bits per heavy atom. The third kappa shape index (κ3) is 3.84. The maximum Gasteiger partial charge on any atom is 0.240 e. The second-order valence-electron chi connectivity index (χ2n) is 6.24. The summed E-state index contributed by atoms with van der Waals surface area (Å²) in [6.07, 6.45) is 0.619. The van der Waals surface area contributed by atoms with Gasteiger partial charge < -0.3 is 11.1 Å². The summed E-state index contributed by atoms with van der Waals surface area (Å²) in [7, 11) is 0. The molecule has 3 rings (SSSR count). The molecule has 2 aromatic rings. The molecule has 2 amide bonds. The van der Waals surface area contributed by atoms with Crippen LogP contribution < -0.4 is 11.1 Å². The van der Waals surface area contributed by atoms with Crippen LogP contribution in [0.4, 0.5) is 8.78 Å². The van der Waals surface area contributed by atoms with Crippen LogP contribution in [0.25, 0.3) is 0 Å². The molecule has 0 bridgehead atoms. The number of halogens is 2. The van der Waals surface area contributed by atoms with Crippen molar-refractivity contribution >= 4 is 11.8 Å². The van der Waals surface area contributed by atoms with Crippen LogP contribution in [-0.2, 0) is 16.0 Å². The molecule has 0 radical (unpaired) electrons. The fourth-order valence-electron chi connectivity index (χ4n) is 3.02. The normalized spacial score (nSPS) is 19.9. The van der Waals surface area contributed by atoms with Crippen molar-refractivity contribution in [2.75, 3.05) is 0 Å². The van der Waals surface area contributed by atoms with Gasteiger partial charge in [0.1, 0.15) is 17.7 Å². The Labute approximate surface area is 144 Å². The molecule has 0 heterocycles. The maximum absolute atomic E-state index is 13.8. The molecule has 2 aromatic carbocycles. The van der Waals surface area contributed by atoms with Crippen LogP contribution in [0.15, 0.2) is 48.5 Å². The van der Waals surface area contributed by atoms with E-state index in [0.29, 0.717) is 6.42 Å². The first kappa shape index (κ1) is 17.1. The molecule has 1 aliphatic carbocycles. The van der Waals surface area contributed by atoms with E-state index in [9.17, 15) is 18.4 Å². The summed E-state index contributed by atoms with van der Waals surface area (Å²) in [6.45, 7) is 0. The molecule has 0 aromatic heterocycles. The number of carbonyl (C=O) groups is 2. The van der Waals surface area contributed by atoms with E-state index in [1.807, 2.05) is 30.3 Å². The molecule has 3 atom stereocenters. The van der Waals surface area contributed by atoms with Gasteiger partial charge in [-0.1, -0.05) is 36.4 Å². The predicted octanol–water partition coefficient (Wildman–Crippen LogP) is 2.28. The molecule has 1 aliphatic rings. The predicted molar refractivity (Wildman–Crippen MR) is 88.5 cm³/mol. The number of hydrogen-bond acceptors (Lipinski definition) is 2. The van der Waals surface area contributed by atoms with Crippen LogP contribution in [0.5, 0.6) is 0 Å². The zero-order valence-electron chi connectivity index (χ0n) is 13.4. The Morgan fingerprint density at radius 3 is 2.32 bits per heavy atom. The monoisotopic (exact) mass is 344 g/mol. The van der Waals surface area contributed by atoms with Gasteiger partial charge in [-0.05, 0) is 24.1 Å². The van der Waals surface area contributed by atoms with E-state index in [2.05, 4.69) is 5.32 Å². The topological polar surface area (TPSA) is 72.2 Å². The Hall–Kier alpha value is -2.76. The highest BCUT2D eigenvalue weighted by Gasteiger charge is 2.47. The van der Waals surface area contributed by atoms with Crippen LogP contribution in [0.2, 0.25) is 0 Å². The van der Waals surface area contributed by atoms with Crippen molar-refractivity contribution in [1.82, 2.24) is 5.32 Å². The molecular weight excluding hydrogens is 326 g/mol. The lowest BCUT2D eigenvalue weighted by Gasteiger charge is -2.16. The summed E-state index contributed by atoms with van der Waals surface area (Å²) in [5.74, 6) is -3.43. The molecular formula is C19H18F2N2O2. The second kappa shape index (κ2) is 7.01. The van der Waals surface area contributed by atoms with Crippen LogP contribution in [-0.4, -0.2) is 17.9 Å². The highest BCUT2D eigenvalue weighted by molar-refractivity contribution is 5.89. The van der Waals surface area contributed by atoms with Crippen molar-refractivity contribution < 1.29 is 18.4 Å². The molecule has 1 fully saturated rings. The summed E-state index contributed by atoms with van der Waals surface area (Å²) in [6, 6.07) is 11.9. The lowest BCUT2D eigenvalue weighted by molar-refractivity contribution is -0.128. The highest BCUT2D eigenvalue weighted by atomic mass is 19.1. The first-order valence-electron chi connectivity index (χ1n) is 8.05. The molecule has 0 aliphatic heterocycles. The van der Waals surface area contributed by atoms with Gasteiger partial charge in [0.2, 0.25) is 11.8 Å². The Morgan fingerprint density at radius 2 is 1.72 bits per heavy atom. The molecule has 130 valence electrons. The molecule has 6 heteroatoms. The molecule has 3 N–H and O–H groups in total. The summed E-state index contributed by atoms with van der Waals surface area (Å²) in [5.41, 5.74) is 6.17. The van der Waals surface area contributed by atoms with E-state index in [4.69, 9.17) is 5.73 Å². The fourth-order valence-corrected chi connectivity index (χ4v) is 3.02. The summed E-state index contributed by atoms with van der Waals surface area (Å²) in [5, 5.41) is 2.61. The van der Waals surface area contributed by atoms with Crippen molar-refractivity contribution in [2.24, 2.45) is 11.7 Å². The van der Waals surface area contributed by atoms with Gasteiger partial charge in [0.05, 0.1) is 0 Å². The van der Waals surface area contributed by atoms with Gasteiger partial charge in [0.15, 0.2) is 0 Å². The average Bonchev–Trinajstić information content (AvgIpc) is 3.35. The second-order valence-corrected chi connectivity index (χ2v) is 6.24. The fraction of sp³-hybridized carbons (Fsp3) is 0.263. The van der Waals surface area contributed by atoms with Crippen molar-refractivity contribution in [1.29, 1.82) is 0 Å². The standard InChI is InChI=1S/C19H18F2N2O2/c20-14-7-4-8-15(21)17(14)12-10-13(12)19(25)23-16(18(22)24)9-11-5-2-1-3-6-11/h1-8,12-13,16H,9-10H2,(H2,22,24)(H,23,25). The lowest BCUT2D eigenvalue weighted by Crippen LogP contribution is -2.46. The summed E-state index contributed by atoms with van der Waals surface area (Å²) < 4.78 is 27.6. The molecule has 0 spiro atoms. The van der Waals surface area contributed by atoms with Gasteiger partial charge in [-0.25, -0.2) is 8.78 Å². The van der Waals surface area contributed by atoms with Gasteiger partial charge in [0, 0.05) is 23.8 Å². The minimum Gasteiger partial charge on any atom is -0.368 e. The Kier molecular flexibility index (Phi) is 4.79. The first-order valence-corrected chi connectivity index (χ1v) is 8.05. The number of amides is 2. The van der Waals surface area contributed by atoms with Gasteiger partial charge >= 0.3 is 0 Å². The number of hydrogen-bond donors (Lipinski definition) is 2. The van der Waals surface area contributed by atoms with Crippen molar-refractivity contribution in [3.63, 3.8) is 0 Å². The van der Waals surface area contributed by atoms with Crippen LogP contribution in [0, 0.1) is 17.6 Å². The summed E-state index contributed by atoms with van der Waals surface area (Å²) >= 11 is 0. The Balaban J connectivity index is 1.66. The number of benzene rings is 2. The summed E-state index contributed by atoms with van der Waals surface area (Å²) in [4.78, 5) is 24.0. The van der Waals surface area contributed by atoms with Gasteiger partial charge in [0.25, 0.3) is 0 Å². The number of rotatable bonds is 6. The van der Waals surface area contributed by atoms with E-state index >= 15 is 0 Å². The van der Waals surface area contributed by atoms with Crippen LogP contribution >= 0.6 is 0 Å². The third-order valence-corrected chi connectivity index (χ3v) is 4.44. The quantitative estimate of drug-likeness (QED) is 0.844. The third-order valence-electron chi connectivity index (χ3n) is 4.44. The highest BCUT2D eigenvalue weighted by Crippen LogP contribution is 2.49. The maximum atomic E-state index is 13.8. The SMILES string of the molecule is NC(=O)C(Cc1ccccc1)NC(=O)C1CC1c1c(F)cccc1F. The van der Waals surface area contributed by atoms with E-state index in [1.165, 1.54) is 18.2 Å². The van der Waals surface area contributed by atoms with E-state index in [0.717, 1.165) is 5.56 Å². The van der Waals surface area contributed by atoms with Crippen molar-refractivity contribution in [2.45, 2.75) is 24.8 Å². The smallest absolute Gasteiger partial charge is 0.240 e. The molecule has 3 unspecified atom stereocenters.